The lowest BCUT2D eigenvalue weighted by Gasteiger charge is -2.09. The van der Waals surface area contributed by atoms with Gasteiger partial charge in [-0.25, -0.2) is 0 Å². The predicted molar refractivity (Wildman–Crippen MR) is 98.1 cm³/mol. The van der Waals surface area contributed by atoms with Crippen LogP contribution in [-0.4, -0.2) is 12.5 Å². The van der Waals surface area contributed by atoms with Crippen molar-refractivity contribution < 1.29 is 9.53 Å². The first kappa shape index (κ1) is 18.3. The van der Waals surface area contributed by atoms with Crippen molar-refractivity contribution in [3.8, 4) is 11.8 Å². The zero-order chi connectivity index (χ0) is 17.7. The minimum atomic E-state index is -0.107. The molecule has 24 heavy (non-hydrogen) atoms. The molecule has 0 spiro atoms. The van der Waals surface area contributed by atoms with Gasteiger partial charge in [0, 0.05) is 16.3 Å². The summed E-state index contributed by atoms with van der Waals surface area (Å²) in [4.78, 5) is 13.1. The number of carbonyl (C=O) groups is 1. The summed E-state index contributed by atoms with van der Waals surface area (Å²) in [5.74, 6) is 0.667. The van der Waals surface area contributed by atoms with Gasteiger partial charge in [0.15, 0.2) is 0 Å². The maximum Gasteiger partial charge on any atom is 0.225 e. The fraction of sp³-hybridized carbons (Fsp3) is 0.333. The molecule has 1 amide bonds. The third kappa shape index (κ3) is 4.50. The fourth-order valence-electron chi connectivity index (χ4n) is 2.23. The third-order valence-electron chi connectivity index (χ3n) is 3.69. The van der Waals surface area contributed by atoms with Crippen molar-refractivity contribution >= 4 is 33.8 Å². The second kappa shape index (κ2) is 8.18. The topological polar surface area (TPSA) is 62.1 Å². The summed E-state index contributed by atoms with van der Waals surface area (Å²) in [5, 5.41) is 13.3. The highest BCUT2D eigenvalue weighted by atomic mass is 35.5. The lowest BCUT2D eigenvalue weighted by molar-refractivity contribution is -0.116. The molecule has 6 heteroatoms. The van der Waals surface area contributed by atoms with E-state index in [9.17, 15) is 10.1 Å². The molecule has 1 heterocycles. The number of thiophene rings is 1. The molecule has 1 N–H and O–H groups in total. The molecular formula is C18H19ClN2O2S. The molecule has 2 aromatic rings. The molecule has 0 saturated carbocycles. The van der Waals surface area contributed by atoms with Crippen molar-refractivity contribution in [1.29, 1.82) is 5.26 Å². The van der Waals surface area contributed by atoms with Crippen molar-refractivity contribution in [1.82, 2.24) is 0 Å². The number of hydrogen-bond acceptors (Lipinski definition) is 4. The number of hydrogen-bond donors (Lipinski definition) is 1. The van der Waals surface area contributed by atoms with E-state index in [1.54, 1.807) is 6.07 Å². The highest BCUT2D eigenvalue weighted by molar-refractivity contribution is 7.16. The summed E-state index contributed by atoms with van der Waals surface area (Å²) in [6, 6.07) is 7.60. The Morgan fingerprint density at radius 2 is 2.12 bits per heavy atom. The van der Waals surface area contributed by atoms with Gasteiger partial charge in [-0.3, -0.25) is 4.79 Å². The smallest absolute Gasteiger partial charge is 0.225 e. The highest BCUT2D eigenvalue weighted by Gasteiger charge is 2.14. The van der Waals surface area contributed by atoms with E-state index in [4.69, 9.17) is 16.3 Å². The van der Waals surface area contributed by atoms with Gasteiger partial charge < -0.3 is 10.1 Å². The summed E-state index contributed by atoms with van der Waals surface area (Å²) >= 11 is 7.34. The number of nitriles is 1. The van der Waals surface area contributed by atoms with E-state index >= 15 is 0 Å². The van der Waals surface area contributed by atoms with Crippen molar-refractivity contribution in [2.75, 3.05) is 11.9 Å². The summed E-state index contributed by atoms with van der Waals surface area (Å²) in [6.07, 6.45) is 0.937. The molecule has 0 unspecified atom stereocenters. The normalized spacial score (nSPS) is 10.3. The maximum absolute atomic E-state index is 12.0. The number of aryl methyl sites for hydroxylation is 2. The van der Waals surface area contributed by atoms with Crippen LogP contribution in [-0.2, 0) is 4.79 Å². The van der Waals surface area contributed by atoms with E-state index in [0.29, 0.717) is 35.0 Å². The second-order valence-corrected chi connectivity index (χ2v) is 7.17. The molecule has 0 atom stereocenters. The monoisotopic (exact) mass is 362 g/mol. The average molecular weight is 363 g/mol. The Bertz CT molecular complexity index is 793. The molecular weight excluding hydrogens is 344 g/mol. The van der Waals surface area contributed by atoms with Crippen molar-refractivity contribution in [3.05, 3.63) is 44.8 Å². The Hall–Kier alpha value is -2.03. The number of halogens is 1. The number of rotatable bonds is 6. The Morgan fingerprint density at radius 3 is 2.79 bits per heavy atom. The van der Waals surface area contributed by atoms with Crippen LogP contribution in [0.25, 0.3) is 0 Å². The second-order valence-electron chi connectivity index (χ2n) is 5.51. The van der Waals surface area contributed by atoms with Crippen LogP contribution in [0.2, 0.25) is 5.02 Å². The summed E-state index contributed by atoms with van der Waals surface area (Å²) in [6.45, 7) is 6.21. The Morgan fingerprint density at radius 1 is 1.38 bits per heavy atom. The van der Waals surface area contributed by atoms with E-state index in [2.05, 4.69) is 11.4 Å². The standard InChI is InChI=1S/C18H19ClN2O2S/c1-11-9-14(19)6-7-16(11)23-8-4-5-17(22)21-18-15(10-20)12(2)13(3)24-18/h6-7,9H,4-5,8H2,1-3H3,(H,21,22). The van der Waals surface area contributed by atoms with E-state index < -0.39 is 0 Å². The van der Waals surface area contributed by atoms with Gasteiger partial charge in [-0.15, -0.1) is 11.3 Å². The molecule has 0 radical (unpaired) electrons. The average Bonchev–Trinajstić information content (AvgIpc) is 2.79. The number of ether oxygens (including phenoxy) is 1. The largest absolute Gasteiger partial charge is 0.493 e. The number of anilines is 1. The van der Waals surface area contributed by atoms with Crippen molar-refractivity contribution in [3.63, 3.8) is 0 Å². The molecule has 0 bridgehead atoms. The van der Waals surface area contributed by atoms with Crippen molar-refractivity contribution in [2.24, 2.45) is 0 Å². The van der Waals surface area contributed by atoms with Crippen LogP contribution in [0.1, 0.15) is 34.4 Å². The van der Waals surface area contributed by atoms with Gasteiger partial charge >= 0.3 is 0 Å². The minimum absolute atomic E-state index is 0.107. The summed E-state index contributed by atoms with van der Waals surface area (Å²) < 4.78 is 5.67. The summed E-state index contributed by atoms with van der Waals surface area (Å²) in [5.41, 5.74) is 2.45. The SMILES string of the molecule is Cc1cc(Cl)ccc1OCCCC(=O)Nc1sc(C)c(C)c1C#N. The minimum Gasteiger partial charge on any atom is -0.493 e. The van der Waals surface area contributed by atoms with Crippen LogP contribution >= 0.6 is 22.9 Å². The Labute approximate surface area is 151 Å². The van der Waals surface area contributed by atoms with E-state index in [1.807, 2.05) is 32.9 Å². The first-order chi connectivity index (χ1) is 11.4. The molecule has 1 aromatic carbocycles. The predicted octanol–water partition coefficient (Wildman–Crippen LogP) is 5.00. The summed E-state index contributed by atoms with van der Waals surface area (Å²) in [7, 11) is 0. The number of benzene rings is 1. The van der Waals surface area contributed by atoms with Gasteiger partial charge in [0.1, 0.15) is 16.8 Å². The maximum atomic E-state index is 12.0. The van der Waals surface area contributed by atoms with Gasteiger partial charge in [-0.1, -0.05) is 11.6 Å². The molecule has 2 rings (SSSR count). The van der Waals surface area contributed by atoms with E-state index in [1.165, 1.54) is 11.3 Å². The van der Waals surface area contributed by atoms with Crippen LogP contribution in [0.3, 0.4) is 0 Å². The Balaban J connectivity index is 1.82. The number of carbonyl (C=O) groups excluding carboxylic acids is 1. The molecule has 1 aromatic heterocycles. The number of nitrogens with one attached hydrogen (secondary N) is 1. The zero-order valence-corrected chi connectivity index (χ0v) is 15.5. The van der Waals surface area contributed by atoms with Crippen molar-refractivity contribution in [2.45, 2.75) is 33.6 Å². The molecule has 0 aliphatic rings. The lowest BCUT2D eigenvalue weighted by atomic mass is 10.2. The van der Waals surface area contributed by atoms with Crippen LogP contribution in [0.5, 0.6) is 5.75 Å². The third-order valence-corrected chi connectivity index (χ3v) is 5.05. The first-order valence-corrected chi connectivity index (χ1v) is 8.80. The Kier molecular flexibility index (Phi) is 6.24. The van der Waals surface area contributed by atoms with Crippen LogP contribution in [0.15, 0.2) is 18.2 Å². The van der Waals surface area contributed by atoms with Gasteiger partial charge in [-0.05, 0) is 56.5 Å². The fourth-order valence-corrected chi connectivity index (χ4v) is 3.48. The van der Waals surface area contributed by atoms with Gasteiger partial charge in [0.05, 0.1) is 12.2 Å². The molecule has 0 aliphatic carbocycles. The van der Waals surface area contributed by atoms with Gasteiger partial charge in [-0.2, -0.15) is 5.26 Å². The molecule has 0 saturated heterocycles. The molecule has 4 nitrogen and oxygen atoms in total. The van der Waals surface area contributed by atoms with Crippen LogP contribution < -0.4 is 10.1 Å². The van der Waals surface area contributed by atoms with Gasteiger partial charge in [0.2, 0.25) is 5.91 Å². The molecule has 126 valence electrons. The van der Waals surface area contributed by atoms with E-state index in [-0.39, 0.29) is 5.91 Å². The van der Waals surface area contributed by atoms with Crippen LogP contribution in [0, 0.1) is 32.1 Å². The quantitative estimate of drug-likeness (QED) is 0.736. The van der Waals surface area contributed by atoms with E-state index in [0.717, 1.165) is 21.8 Å². The lowest BCUT2D eigenvalue weighted by Crippen LogP contribution is -2.12. The number of nitrogens with zero attached hydrogens (tertiary/aromatic N) is 1. The van der Waals surface area contributed by atoms with Gasteiger partial charge in [0.25, 0.3) is 0 Å². The first-order valence-electron chi connectivity index (χ1n) is 7.61. The molecule has 0 fully saturated rings. The van der Waals surface area contributed by atoms with Crippen LogP contribution in [0.4, 0.5) is 5.00 Å². The zero-order valence-electron chi connectivity index (χ0n) is 13.9. The molecule has 0 aliphatic heterocycles. The highest BCUT2D eigenvalue weighted by Crippen LogP contribution is 2.31. The number of amides is 1.